The van der Waals surface area contributed by atoms with E-state index >= 15 is 0 Å². The smallest absolute Gasteiger partial charge is 0.161 e. The number of hydrogen-bond donors (Lipinski definition) is 2. The summed E-state index contributed by atoms with van der Waals surface area (Å²) >= 11 is 0. The molecule has 1 aromatic rings. The second kappa shape index (κ2) is 6.95. The first kappa shape index (κ1) is 15.1. The van der Waals surface area contributed by atoms with E-state index in [2.05, 4.69) is 19.2 Å². The molecule has 3 unspecified atom stereocenters. The standard InChI is InChI=1S/C16H25NO3/c1-4-11(2)17-12(3)16(18)13-6-7-14-15(10-13)20-9-5-8-19-14/h6-7,10-12,16-18H,4-5,8-9H2,1-3H3. The maximum Gasteiger partial charge on any atom is 0.161 e. The first-order valence-electron chi connectivity index (χ1n) is 7.45. The summed E-state index contributed by atoms with van der Waals surface area (Å²) in [5, 5.41) is 13.8. The maximum atomic E-state index is 10.4. The predicted molar refractivity (Wildman–Crippen MR) is 79.4 cm³/mol. The summed E-state index contributed by atoms with van der Waals surface area (Å²) in [6.07, 6.45) is 1.37. The van der Waals surface area contributed by atoms with Crippen molar-refractivity contribution in [2.24, 2.45) is 0 Å². The van der Waals surface area contributed by atoms with Crippen LogP contribution in [0.5, 0.6) is 11.5 Å². The molecule has 4 heteroatoms. The highest BCUT2D eigenvalue weighted by Gasteiger charge is 2.20. The van der Waals surface area contributed by atoms with E-state index in [0.717, 1.165) is 29.9 Å². The Kier molecular flexibility index (Phi) is 5.26. The molecule has 0 bridgehead atoms. The van der Waals surface area contributed by atoms with Gasteiger partial charge in [-0.15, -0.1) is 0 Å². The molecule has 1 heterocycles. The van der Waals surface area contributed by atoms with Gasteiger partial charge in [0, 0.05) is 18.5 Å². The molecule has 2 rings (SSSR count). The normalized spacial score (nSPS) is 19.0. The Morgan fingerprint density at radius 2 is 1.90 bits per heavy atom. The number of rotatable bonds is 5. The third-order valence-corrected chi connectivity index (χ3v) is 3.75. The van der Waals surface area contributed by atoms with Gasteiger partial charge < -0.3 is 19.9 Å². The molecule has 0 fully saturated rings. The summed E-state index contributed by atoms with van der Waals surface area (Å²) in [5.41, 5.74) is 0.859. The van der Waals surface area contributed by atoms with E-state index in [1.165, 1.54) is 0 Å². The van der Waals surface area contributed by atoms with E-state index in [1.54, 1.807) is 0 Å². The molecule has 1 aliphatic rings. The molecule has 3 atom stereocenters. The van der Waals surface area contributed by atoms with Gasteiger partial charge in [0.2, 0.25) is 0 Å². The molecule has 1 aliphatic heterocycles. The van der Waals surface area contributed by atoms with Crippen molar-refractivity contribution in [2.75, 3.05) is 13.2 Å². The lowest BCUT2D eigenvalue weighted by Gasteiger charge is -2.24. The third kappa shape index (κ3) is 3.64. The Labute approximate surface area is 121 Å². The SMILES string of the molecule is CCC(C)NC(C)C(O)c1ccc2c(c1)OCCCO2. The van der Waals surface area contributed by atoms with Crippen LogP contribution in [0.2, 0.25) is 0 Å². The van der Waals surface area contributed by atoms with Crippen LogP contribution in [0, 0.1) is 0 Å². The summed E-state index contributed by atoms with van der Waals surface area (Å²) in [5.74, 6) is 1.50. The molecule has 0 radical (unpaired) electrons. The molecule has 0 spiro atoms. The highest BCUT2D eigenvalue weighted by molar-refractivity contribution is 5.44. The second-order valence-corrected chi connectivity index (χ2v) is 5.47. The number of aliphatic hydroxyl groups excluding tert-OH is 1. The van der Waals surface area contributed by atoms with E-state index in [1.807, 2.05) is 25.1 Å². The summed E-state index contributed by atoms with van der Waals surface area (Å²) in [7, 11) is 0. The summed E-state index contributed by atoms with van der Waals surface area (Å²) < 4.78 is 11.3. The second-order valence-electron chi connectivity index (χ2n) is 5.47. The van der Waals surface area contributed by atoms with E-state index < -0.39 is 6.10 Å². The molecule has 112 valence electrons. The Morgan fingerprint density at radius 3 is 2.60 bits per heavy atom. The lowest BCUT2D eigenvalue weighted by atomic mass is 10.0. The van der Waals surface area contributed by atoms with Gasteiger partial charge >= 0.3 is 0 Å². The average Bonchev–Trinajstić information content (AvgIpc) is 2.70. The maximum absolute atomic E-state index is 10.4. The van der Waals surface area contributed by atoms with Crippen molar-refractivity contribution in [2.45, 2.75) is 51.8 Å². The van der Waals surface area contributed by atoms with Gasteiger partial charge in [0.1, 0.15) is 0 Å². The quantitative estimate of drug-likeness (QED) is 0.870. The molecule has 20 heavy (non-hydrogen) atoms. The molecule has 0 saturated carbocycles. The Hall–Kier alpha value is -1.26. The zero-order chi connectivity index (χ0) is 14.5. The fraction of sp³-hybridized carbons (Fsp3) is 0.625. The van der Waals surface area contributed by atoms with Crippen LogP contribution in [0.15, 0.2) is 18.2 Å². The van der Waals surface area contributed by atoms with Crippen molar-refractivity contribution in [3.63, 3.8) is 0 Å². The van der Waals surface area contributed by atoms with Gasteiger partial charge in [0.15, 0.2) is 11.5 Å². The number of aliphatic hydroxyl groups is 1. The van der Waals surface area contributed by atoms with Crippen molar-refractivity contribution in [3.8, 4) is 11.5 Å². The van der Waals surface area contributed by atoms with Crippen LogP contribution < -0.4 is 14.8 Å². The molecule has 0 saturated heterocycles. The minimum atomic E-state index is -0.554. The molecule has 0 aliphatic carbocycles. The average molecular weight is 279 g/mol. The predicted octanol–water partition coefficient (Wildman–Crippen LogP) is 2.66. The first-order chi connectivity index (χ1) is 9.61. The molecular formula is C16H25NO3. The Morgan fingerprint density at radius 1 is 1.20 bits per heavy atom. The van der Waals surface area contributed by atoms with Gasteiger partial charge in [0.05, 0.1) is 19.3 Å². The Bertz CT molecular complexity index is 436. The van der Waals surface area contributed by atoms with Gasteiger partial charge in [-0.1, -0.05) is 13.0 Å². The number of nitrogens with one attached hydrogen (secondary N) is 1. The van der Waals surface area contributed by atoms with E-state index in [0.29, 0.717) is 19.3 Å². The zero-order valence-electron chi connectivity index (χ0n) is 12.6. The molecule has 0 amide bonds. The van der Waals surface area contributed by atoms with E-state index in [4.69, 9.17) is 9.47 Å². The molecule has 1 aromatic carbocycles. The third-order valence-electron chi connectivity index (χ3n) is 3.75. The highest BCUT2D eigenvalue weighted by Crippen LogP contribution is 2.33. The van der Waals surface area contributed by atoms with Gasteiger partial charge in [0.25, 0.3) is 0 Å². The van der Waals surface area contributed by atoms with Crippen LogP contribution >= 0.6 is 0 Å². The molecular weight excluding hydrogens is 254 g/mol. The number of benzene rings is 1. The fourth-order valence-electron chi connectivity index (χ4n) is 2.31. The lowest BCUT2D eigenvalue weighted by molar-refractivity contribution is 0.130. The zero-order valence-corrected chi connectivity index (χ0v) is 12.6. The minimum Gasteiger partial charge on any atom is -0.490 e. The minimum absolute atomic E-state index is 0.00491. The highest BCUT2D eigenvalue weighted by atomic mass is 16.5. The van der Waals surface area contributed by atoms with Crippen LogP contribution in [0.3, 0.4) is 0 Å². The van der Waals surface area contributed by atoms with Crippen LogP contribution in [-0.4, -0.2) is 30.4 Å². The van der Waals surface area contributed by atoms with E-state index in [-0.39, 0.29) is 6.04 Å². The summed E-state index contributed by atoms with van der Waals surface area (Å²) in [6.45, 7) is 7.59. The van der Waals surface area contributed by atoms with Crippen LogP contribution in [-0.2, 0) is 0 Å². The fourth-order valence-corrected chi connectivity index (χ4v) is 2.31. The van der Waals surface area contributed by atoms with E-state index in [9.17, 15) is 5.11 Å². The molecule has 4 nitrogen and oxygen atoms in total. The van der Waals surface area contributed by atoms with Gasteiger partial charge in [-0.25, -0.2) is 0 Å². The van der Waals surface area contributed by atoms with Crippen molar-refractivity contribution in [1.82, 2.24) is 5.32 Å². The summed E-state index contributed by atoms with van der Waals surface area (Å²) in [4.78, 5) is 0. The largest absolute Gasteiger partial charge is 0.490 e. The first-order valence-corrected chi connectivity index (χ1v) is 7.45. The Balaban J connectivity index is 2.10. The van der Waals surface area contributed by atoms with Crippen molar-refractivity contribution in [1.29, 1.82) is 0 Å². The summed E-state index contributed by atoms with van der Waals surface area (Å²) in [6, 6.07) is 6.07. The monoisotopic (exact) mass is 279 g/mol. The molecule has 2 N–H and O–H groups in total. The van der Waals surface area contributed by atoms with Crippen LogP contribution in [0.25, 0.3) is 0 Å². The number of fused-ring (bicyclic) bond motifs is 1. The van der Waals surface area contributed by atoms with Gasteiger partial charge in [-0.05, 0) is 38.0 Å². The van der Waals surface area contributed by atoms with Crippen molar-refractivity contribution in [3.05, 3.63) is 23.8 Å². The number of hydrogen-bond acceptors (Lipinski definition) is 4. The number of ether oxygens (including phenoxy) is 2. The van der Waals surface area contributed by atoms with Gasteiger partial charge in [-0.3, -0.25) is 0 Å². The van der Waals surface area contributed by atoms with Gasteiger partial charge in [-0.2, -0.15) is 0 Å². The topological polar surface area (TPSA) is 50.7 Å². The molecule has 0 aromatic heterocycles. The van der Waals surface area contributed by atoms with Crippen molar-refractivity contribution >= 4 is 0 Å². The van der Waals surface area contributed by atoms with Crippen LogP contribution in [0.1, 0.15) is 45.3 Å². The van der Waals surface area contributed by atoms with Crippen molar-refractivity contribution < 1.29 is 14.6 Å². The van der Waals surface area contributed by atoms with Crippen LogP contribution in [0.4, 0.5) is 0 Å². The lowest BCUT2D eigenvalue weighted by Crippen LogP contribution is -2.38.